The number of carbonyl (C=O) groups excluding carboxylic acids is 1. The minimum Gasteiger partial charge on any atom is -0.477 e. The summed E-state index contributed by atoms with van der Waals surface area (Å²) in [5.74, 6) is -0.666. The average Bonchev–Trinajstić information content (AvgIpc) is 2.69. The Hall–Kier alpha value is -2.98. The fraction of sp³-hybridized carbons (Fsp3) is 0.381. The Morgan fingerprint density at radius 1 is 1.10 bits per heavy atom. The van der Waals surface area contributed by atoms with Crippen LogP contribution in [0.2, 0.25) is 0 Å². The quantitative estimate of drug-likeness (QED) is 0.462. The van der Waals surface area contributed by atoms with Crippen LogP contribution < -0.4 is 10.1 Å². The number of anilines is 1. The van der Waals surface area contributed by atoms with E-state index in [0.29, 0.717) is 5.69 Å². The fourth-order valence-electron chi connectivity index (χ4n) is 3.33. The van der Waals surface area contributed by atoms with Gasteiger partial charge in [-0.2, -0.15) is 4.31 Å². The topological polar surface area (TPSA) is 119 Å². The van der Waals surface area contributed by atoms with E-state index < -0.39 is 33.1 Å². The lowest BCUT2D eigenvalue weighted by molar-refractivity contribution is -0.386. The van der Waals surface area contributed by atoms with Crippen LogP contribution in [0.3, 0.4) is 0 Å². The summed E-state index contributed by atoms with van der Waals surface area (Å²) in [6.07, 6.45) is 0. The summed E-state index contributed by atoms with van der Waals surface area (Å²) in [5.41, 5.74) is 2.99. The van der Waals surface area contributed by atoms with Crippen molar-refractivity contribution < 1.29 is 22.9 Å². The summed E-state index contributed by atoms with van der Waals surface area (Å²) in [5, 5.41) is 14.2. The summed E-state index contributed by atoms with van der Waals surface area (Å²) in [6, 6.07) is 7.26. The van der Waals surface area contributed by atoms with Gasteiger partial charge in [-0.05, 0) is 44.0 Å². The smallest absolute Gasteiger partial charge is 0.312 e. The largest absolute Gasteiger partial charge is 0.477 e. The van der Waals surface area contributed by atoms with Gasteiger partial charge < -0.3 is 10.1 Å². The van der Waals surface area contributed by atoms with Gasteiger partial charge in [0, 0.05) is 24.8 Å². The number of nitrogens with one attached hydrogen (secondary N) is 1. The molecule has 0 aliphatic carbocycles. The maximum Gasteiger partial charge on any atom is 0.312 e. The molecule has 0 radical (unpaired) electrons. The molecule has 0 aromatic heterocycles. The second-order valence-corrected chi connectivity index (χ2v) is 9.02. The normalized spacial score (nSPS) is 11.4. The van der Waals surface area contributed by atoms with Crippen LogP contribution >= 0.6 is 0 Å². The van der Waals surface area contributed by atoms with Crippen LogP contribution in [0.1, 0.15) is 30.5 Å². The molecule has 0 aliphatic heterocycles. The predicted molar refractivity (Wildman–Crippen MR) is 118 cm³/mol. The first-order valence-corrected chi connectivity index (χ1v) is 11.2. The Morgan fingerprint density at radius 2 is 1.68 bits per heavy atom. The lowest BCUT2D eigenvalue weighted by atomic mass is 10.1. The van der Waals surface area contributed by atoms with E-state index in [1.165, 1.54) is 16.4 Å². The molecule has 2 aromatic carbocycles. The zero-order chi connectivity index (χ0) is 23.3. The number of hydrogen-bond acceptors (Lipinski definition) is 6. The molecule has 0 aliphatic rings. The van der Waals surface area contributed by atoms with Crippen molar-refractivity contribution >= 4 is 27.3 Å². The van der Waals surface area contributed by atoms with Crippen LogP contribution in [-0.2, 0) is 14.8 Å². The van der Waals surface area contributed by atoms with Crippen molar-refractivity contribution in [3.05, 3.63) is 57.1 Å². The molecule has 0 saturated heterocycles. The highest BCUT2D eigenvalue weighted by atomic mass is 32.2. The Balaban J connectivity index is 2.22. The van der Waals surface area contributed by atoms with E-state index in [9.17, 15) is 23.3 Å². The minimum absolute atomic E-state index is 0.184. The second kappa shape index (κ2) is 9.88. The molecule has 0 atom stereocenters. The highest BCUT2D eigenvalue weighted by molar-refractivity contribution is 7.89. The number of nitrogens with zero attached hydrogens (tertiary/aromatic N) is 2. The molecule has 1 N–H and O–H groups in total. The number of hydrogen-bond donors (Lipinski definition) is 1. The third-order valence-electron chi connectivity index (χ3n) is 4.77. The highest BCUT2D eigenvalue weighted by Crippen LogP contribution is 2.31. The van der Waals surface area contributed by atoms with E-state index in [1.807, 2.05) is 32.9 Å². The number of ether oxygens (including phenoxy) is 1. The first-order valence-electron chi connectivity index (χ1n) is 9.80. The van der Waals surface area contributed by atoms with Gasteiger partial charge in [0.25, 0.3) is 5.91 Å². The van der Waals surface area contributed by atoms with Crippen molar-refractivity contribution in [2.24, 2.45) is 0 Å². The number of nitro groups is 1. The number of benzene rings is 2. The van der Waals surface area contributed by atoms with Gasteiger partial charge in [0.2, 0.25) is 10.0 Å². The number of rotatable bonds is 9. The van der Waals surface area contributed by atoms with E-state index in [-0.39, 0.29) is 23.7 Å². The Bertz CT molecular complexity index is 1070. The molecule has 10 heteroatoms. The van der Waals surface area contributed by atoms with Crippen molar-refractivity contribution in [3.63, 3.8) is 0 Å². The fourth-order valence-corrected chi connectivity index (χ4v) is 4.81. The SMILES string of the molecule is CCN(CC)S(=O)(=O)c1ccc(OCC(=O)Nc2c(C)cc(C)cc2C)c([N+](=O)[O-])c1. The summed E-state index contributed by atoms with van der Waals surface area (Å²) in [4.78, 5) is 22.9. The summed E-state index contributed by atoms with van der Waals surface area (Å²) in [6.45, 7) is 9.08. The second-order valence-electron chi connectivity index (χ2n) is 7.09. The van der Waals surface area contributed by atoms with Gasteiger partial charge in [-0.3, -0.25) is 14.9 Å². The van der Waals surface area contributed by atoms with Gasteiger partial charge in [-0.25, -0.2) is 8.42 Å². The Kier molecular flexibility index (Phi) is 7.75. The van der Waals surface area contributed by atoms with Crippen molar-refractivity contribution in [1.29, 1.82) is 0 Å². The van der Waals surface area contributed by atoms with Crippen LogP contribution in [0.5, 0.6) is 5.75 Å². The van der Waals surface area contributed by atoms with Crippen LogP contribution in [-0.4, -0.2) is 43.2 Å². The number of carbonyl (C=O) groups is 1. The average molecular weight is 450 g/mol. The zero-order valence-electron chi connectivity index (χ0n) is 18.3. The third-order valence-corrected chi connectivity index (χ3v) is 6.82. The highest BCUT2D eigenvalue weighted by Gasteiger charge is 2.26. The van der Waals surface area contributed by atoms with Crippen LogP contribution in [0.15, 0.2) is 35.2 Å². The number of aryl methyl sites for hydroxylation is 3. The zero-order valence-corrected chi connectivity index (χ0v) is 19.1. The molecular weight excluding hydrogens is 422 g/mol. The molecule has 0 fully saturated rings. The van der Waals surface area contributed by atoms with Gasteiger partial charge >= 0.3 is 5.69 Å². The van der Waals surface area contributed by atoms with E-state index in [1.54, 1.807) is 13.8 Å². The molecule has 2 rings (SSSR count). The summed E-state index contributed by atoms with van der Waals surface area (Å²) >= 11 is 0. The standard InChI is InChI=1S/C21H27N3O6S/c1-6-23(7-2)31(28,29)17-8-9-19(18(12-17)24(26)27)30-13-20(25)22-21-15(4)10-14(3)11-16(21)5/h8-12H,6-7,13H2,1-5H3,(H,22,25). The maximum absolute atomic E-state index is 12.6. The molecule has 0 spiro atoms. The number of sulfonamides is 1. The first kappa shape index (κ1) is 24.3. The molecule has 0 saturated carbocycles. The molecular formula is C21H27N3O6S. The molecule has 9 nitrogen and oxygen atoms in total. The lowest BCUT2D eigenvalue weighted by Crippen LogP contribution is -2.30. The summed E-state index contributed by atoms with van der Waals surface area (Å²) < 4.78 is 31.8. The van der Waals surface area contributed by atoms with Crippen molar-refractivity contribution in [3.8, 4) is 5.75 Å². The van der Waals surface area contributed by atoms with Crippen molar-refractivity contribution in [2.45, 2.75) is 39.5 Å². The molecule has 0 bridgehead atoms. The molecule has 2 aromatic rings. The van der Waals surface area contributed by atoms with Gasteiger partial charge in [0.15, 0.2) is 12.4 Å². The van der Waals surface area contributed by atoms with Crippen LogP contribution in [0.25, 0.3) is 0 Å². The lowest BCUT2D eigenvalue weighted by Gasteiger charge is -2.18. The Labute approximate surface area is 182 Å². The van der Waals surface area contributed by atoms with Crippen molar-refractivity contribution in [2.75, 3.05) is 25.0 Å². The molecule has 0 heterocycles. The molecule has 168 valence electrons. The Morgan fingerprint density at radius 3 is 2.19 bits per heavy atom. The molecule has 0 unspecified atom stereocenters. The monoisotopic (exact) mass is 449 g/mol. The van der Waals surface area contributed by atoms with Gasteiger partial charge in [-0.15, -0.1) is 0 Å². The minimum atomic E-state index is -3.86. The van der Waals surface area contributed by atoms with E-state index in [0.717, 1.165) is 22.8 Å². The third kappa shape index (κ3) is 5.59. The summed E-state index contributed by atoms with van der Waals surface area (Å²) in [7, 11) is -3.86. The van der Waals surface area contributed by atoms with Gasteiger partial charge in [-0.1, -0.05) is 31.5 Å². The first-order chi connectivity index (χ1) is 14.5. The van der Waals surface area contributed by atoms with Gasteiger partial charge in [0.1, 0.15) is 0 Å². The number of nitro benzene ring substituents is 1. The number of amides is 1. The van der Waals surface area contributed by atoms with Crippen LogP contribution in [0.4, 0.5) is 11.4 Å². The van der Waals surface area contributed by atoms with Gasteiger partial charge in [0.05, 0.1) is 9.82 Å². The molecule has 31 heavy (non-hydrogen) atoms. The predicted octanol–water partition coefficient (Wildman–Crippen LogP) is 3.57. The van der Waals surface area contributed by atoms with Crippen LogP contribution in [0, 0.1) is 30.9 Å². The van der Waals surface area contributed by atoms with E-state index in [4.69, 9.17) is 4.74 Å². The van der Waals surface area contributed by atoms with E-state index >= 15 is 0 Å². The van der Waals surface area contributed by atoms with E-state index in [2.05, 4.69) is 5.32 Å². The van der Waals surface area contributed by atoms with Crippen molar-refractivity contribution in [1.82, 2.24) is 4.31 Å². The maximum atomic E-state index is 12.6. The molecule has 1 amide bonds.